The molecule has 0 fully saturated rings. The van der Waals surface area contributed by atoms with Gasteiger partial charge >= 0.3 is 6.03 Å². The number of amides is 3. The van der Waals surface area contributed by atoms with Gasteiger partial charge in [-0.1, -0.05) is 18.2 Å². The Morgan fingerprint density at radius 2 is 1.64 bits per heavy atom. The lowest BCUT2D eigenvalue weighted by atomic mass is 10.2. The number of anilines is 2. The summed E-state index contributed by atoms with van der Waals surface area (Å²) in [5.41, 5.74) is 1.28. The van der Waals surface area contributed by atoms with Crippen LogP contribution in [-0.4, -0.2) is 11.9 Å². The van der Waals surface area contributed by atoms with E-state index in [1.165, 1.54) is 11.3 Å². The summed E-state index contributed by atoms with van der Waals surface area (Å²) in [6, 6.07) is 19.9. The van der Waals surface area contributed by atoms with Gasteiger partial charge in [0.2, 0.25) is 0 Å². The van der Waals surface area contributed by atoms with Crippen LogP contribution in [0.1, 0.15) is 15.4 Å². The molecule has 2 aromatic carbocycles. The fraction of sp³-hybridized carbons (Fsp3) is 0.0476. The number of furan rings is 1. The van der Waals surface area contributed by atoms with Crippen molar-refractivity contribution in [2.45, 2.75) is 6.54 Å². The van der Waals surface area contributed by atoms with E-state index in [4.69, 9.17) is 4.42 Å². The van der Waals surface area contributed by atoms with Gasteiger partial charge in [0.25, 0.3) is 5.91 Å². The Balaban J connectivity index is 1.33. The monoisotopic (exact) mass is 391 g/mol. The van der Waals surface area contributed by atoms with Gasteiger partial charge in [-0.15, -0.1) is 11.3 Å². The number of thiophene rings is 1. The van der Waals surface area contributed by atoms with Crippen molar-refractivity contribution in [3.05, 3.63) is 83.6 Å². The summed E-state index contributed by atoms with van der Waals surface area (Å²) in [4.78, 5) is 25.0. The quantitative estimate of drug-likeness (QED) is 0.444. The highest BCUT2D eigenvalue weighted by molar-refractivity contribution is 7.20. The van der Waals surface area contributed by atoms with Gasteiger partial charge in [0, 0.05) is 16.1 Å². The Kier molecular flexibility index (Phi) is 5.07. The summed E-state index contributed by atoms with van der Waals surface area (Å²) in [6.45, 7) is 0.308. The Morgan fingerprint density at radius 3 is 2.36 bits per heavy atom. The van der Waals surface area contributed by atoms with Crippen LogP contribution in [0.25, 0.3) is 10.1 Å². The van der Waals surface area contributed by atoms with Crippen molar-refractivity contribution in [2.24, 2.45) is 0 Å². The first-order chi connectivity index (χ1) is 13.7. The Bertz CT molecular complexity index is 1070. The molecule has 6 nitrogen and oxygen atoms in total. The molecule has 0 spiro atoms. The zero-order chi connectivity index (χ0) is 19.3. The highest BCUT2D eigenvalue weighted by Crippen LogP contribution is 2.26. The van der Waals surface area contributed by atoms with Crippen molar-refractivity contribution in [2.75, 3.05) is 10.6 Å². The van der Waals surface area contributed by atoms with Crippen molar-refractivity contribution < 1.29 is 14.0 Å². The molecule has 2 aromatic heterocycles. The summed E-state index contributed by atoms with van der Waals surface area (Å²) < 4.78 is 6.24. The predicted molar refractivity (Wildman–Crippen MR) is 111 cm³/mol. The van der Waals surface area contributed by atoms with Crippen LogP contribution in [0, 0.1) is 0 Å². The van der Waals surface area contributed by atoms with Crippen LogP contribution in [0.2, 0.25) is 0 Å². The van der Waals surface area contributed by atoms with Gasteiger partial charge in [-0.25, -0.2) is 4.79 Å². The zero-order valence-corrected chi connectivity index (χ0v) is 15.6. The van der Waals surface area contributed by atoms with Gasteiger partial charge in [-0.2, -0.15) is 0 Å². The van der Waals surface area contributed by atoms with Crippen LogP contribution < -0.4 is 16.0 Å². The third-order valence-electron chi connectivity index (χ3n) is 4.05. The van der Waals surface area contributed by atoms with Crippen LogP contribution in [0.5, 0.6) is 0 Å². The summed E-state index contributed by atoms with van der Waals surface area (Å²) in [5, 5.41) is 9.36. The van der Waals surface area contributed by atoms with Crippen LogP contribution in [0.3, 0.4) is 0 Å². The summed E-state index contributed by atoms with van der Waals surface area (Å²) in [7, 11) is 0. The van der Waals surface area contributed by atoms with E-state index < -0.39 is 0 Å². The van der Waals surface area contributed by atoms with E-state index in [1.54, 1.807) is 42.7 Å². The number of carbonyl (C=O) groups excluding carboxylic acids is 2. The van der Waals surface area contributed by atoms with Crippen molar-refractivity contribution in [1.29, 1.82) is 0 Å². The molecule has 3 N–H and O–H groups in total. The van der Waals surface area contributed by atoms with Gasteiger partial charge in [-0.3, -0.25) is 4.79 Å². The first-order valence-corrected chi connectivity index (χ1v) is 9.46. The number of carbonyl (C=O) groups is 2. The second kappa shape index (κ2) is 7.98. The van der Waals surface area contributed by atoms with Crippen molar-refractivity contribution in [1.82, 2.24) is 5.32 Å². The fourth-order valence-corrected chi connectivity index (χ4v) is 3.64. The van der Waals surface area contributed by atoms with Gasteiger partial charge in [-0.05, 0) is 53.9 Å². The van der Waals surface area contributed by atoms with Crippen LogP contribution in [0.15, 0.2) is 77.4 Å². The minimum absolute atomic E-state index is 0.155. The average Bonchev–Trinajstić information content (AvgIpc) is 3.37. The van der Waals surface area contributed by atoms with Gasteiger partial charge < -0.3 is 20.4 Å². The molecule has 7 heteroatoms. The number of benzene rings is 2. The smallest absolute Gasteiger partial charge is 0.319 e. The predicted octanol–water partition coefficient (Wildman–Crippen LogP) is 5.07. The molecule has 0 bridgehead atoms. The number of fused-ring (bicyclic) bond motifs is 1. The van der Waals surface area contributed by atoms with Crippen LogP contribution >= 0.6 is 11.3 Å². The highest BCUT2D eigenvalue weighted by Gasteiger charge is 2.10. The molecule has 0 saturated carbocycles. The molecule has 0 unspecified atom stereocenters. The Labute approximate surface area is 165 Å². The van der Waals surface area contributed by atoms with Crippen molar-refractivity contribution in [3.8, 4) is 0 Å². The third-order valence-corrected chi connectivity index (χ3v) is 5.17. The second-order valence-corrected chi connectivity index (χ2v) is 7.15. The molecule has 4 rings (SSSR count). The largest absolute Gasteiger partial charge is 0.467 e. The number of nitrogens with one attached hydrogen (secondary N) is 3. The third kappa shape index (κ3) is 4.21. The average molecular weight is 391 g/mol. The number of rotatable bonds is 5. The van der Waals surface area contributed by atoms with Gasteiger partial charge in [0.1, 0.15) is 5.76 Å². The second-order valence-electron chi connectivity index (χ2n) is 6.07. The molecule has 0 aliphatic carbocycles. The molecule has 0 aliphatic heterocycles. The normalized spacial score (nSPS) is 10.6. The van der Waals surface area contributed by atoms with Gasteiger partial charge in [0.05, 0.1) is 17.7 Å². The lowest BCUT2D eigenvalue weighted by Crippen LogP contribution is -2.27. The van der Waals surface area contributed by atoms with E-state index in [-0.39, 0.29) is 11.9 Å². The molecular formula is C21H17N3O3S. The van der Waals surface area contributed by atoms with E-state index in [0.717, 1.165) is 10.1 Å². The van der Waals surface area contributed by atoms with Crippen molar-refractivity contribution in [3.63, 3.8) is 0 Å². The molecule has 0 radical (unpaired) electrons. The number of hydrogen-bond donors (Lipinski definition) is 3. The van der Waals surface area contributed by atoms with E-state index in [9.17, 15) is 9.59 Å². The number of urea groups is 1. The lowest BCUT2D eigenvalue weighted by Gasteiger charge is -2.08. The Morgan fingerprint density at radius 1 is 0.893 bits per heavy atom. The molecule has 28 heavy (non-hydrogen) atoms. The van der Waals surface area contributed by atoms with E-state index >= 15 is 0 Å². The Hall–Kier alpha value is -3.58. The standard InChI is InChI=1S/C21H17N3O3S/c25-20(19-12-14-4-1-2-6-18(14)28-19)23-15-7-9-16(10-8-15)24-21(26)22-13-17-5-3-11-27-17/h1-12H,13H2,(H,23,25)(H2,22,24,26). The SMILES string of the molecule is O=C(NCc1ccco1)Nc1ccc(NC(=O)c2cc3ccccc3s2)cc1. The highest BCUT2D eigenvalue weighted by atomic mass is 32.1. The number of hydrogen-bond acceptors (Lipinski definition) is 4. The molecule has 0 saturated heterocycles. The summed E-state index contributed by atoms with van der Waals surface area (Å²) in [5.74, 6) is 0.521. The topological polar surface area (TPSA) is 83.4 Å². The minimum atomic E-state index is -0.335. The maximum Gasteiger partial charge on any atom is 0.319 e. The van der Waals surface area contributed by atoms with E-state index in [1.807, 2.05) is 30.3 Å². The van der Waals surface area contributed by atoms with Crippen LogP contribution in [-0.2, 0) is 6.54 Å². The molecule has 140 valence electrons. The minimum Gasteiger partial charge on any atom is -0.467 e. The van der Waals surface area contributed by atoms with Gasteiger partial charge in [0.15, 0.2) is 0 Å². The van der Waals surface area contributed by atoms with E-state index in [0.29, 0.717) is 28.6 Å². The molecule has 0 atom stereocenters. The molecule has 3 amide bonds. The first kappa shape index (κ1) is 17.8. The summed E-state index contributed by atoms with van der Waals surface area (Å²) in [6.07, 6.45) is 1.56. The first-order valence-electron chi connectivity index (χ1n) is 8.64. The maximum atomic E-state index is 12.5. The van der Waals surface area contributed by atoms with Crippen LogP contribution in [0.4, 0.5) is 16.2 Å². The van der Waals surface area contributed by atoms with Crippen molar-refractivity contribution >= 4 is 44.7 Å². The molecular weight excluding hydrogens is 374 g/mol. The maximum absolute atomic E-state index is 12.5. The zero-order valence-electron chi connectivity index (χ0n) is 14.8. The molecule has 4 aromatic rings. The molecule has 0 aliphatic rings. The molecule has 2 heterocycles. The van der Waals surface area contributed by atoms with E-state index in [2.05, 4.69) is 16.0 Å². The fourth-order valence-electron chi connectivity index (χ4n) is 2.68. The lowest BCUT2D eigenvalue weighted by molar-refractivity contribution is 0.103. The summed E-state index contributed by atoms with van der Waals surface area (Å²) >= 11 is 1.46.